The van der Waals surface area contributed by atoms with Crippen LogP contribution in [0.4, 0.5) is 0 Å². The van der Waals surface area contributed by atoms with E-state index in [1.807, 2.05) is 90.4 Å². The number of ether oxygens (including phenoxy) is 4. The average Bonchev–Trinajstić information content (AvgIpc) is 3.06. The van der Waals surface area contributed by atoms with Gasteiger partial charge in [0.15, 0.2) is 0 Å². The molecular formula is C32H24I4O12. The molecular weight excluding hydrogens is 1080 g/mol. The monoisotopic (exact) mass is 1110 g/mol. The summed E-state index contributed by atoms with van der Waals surface area (Å²) in [6, 6.07) is 17.3. The number of aromatic hydroxyl groups is 4. The molecule has 0 spiro atoms. The highest BCUT2D eigenvalue weighted by Gasteiger charge is 2.15. The third kappa shape index (κ3) is 12.1. The Morgan fingerprint density at radius 3 is 0.896 bits per heavy atom. The number of benzene rings is 4. The lowest BCUT2D eigenvalue weighted by Gasteiger charge is -2.09. The maximum atomic E-state index is 12.0. The van der Waals surface area contributed by atoms with Crippen molar-refractivity contribution in [2.45, 2.75) is 0 Å². The Hall–Kier alpha value is -3.12. The molecule has 0 bridgehead atoms. The normalized spacial score (nSPS) is 10.2. The summed E-state index contributed by atoms with van der Waals surface area (Å²) in [6.07, 6.45) is 0. The molecule has 4 N–H and O–H groups in total. The Bertz CT molecular complexity index is 1600. The molecule has 0 aromatic heterocycles. The van der Waals surface area contributed by atoms with E-state index in [4.69, 9.17) is 29.2 Å². The van der Waals surface area contributed by atoms with Gasteiger partial charge in [-0.25, -0.2) is 19.2 Å². The molecule has 12 nitrogen and oxygen atoms in total. The summed E-state index contributed by atoms with van der Waals surface area (Å²) in [5.74, 6) is -1.92. The van der Waals surface area contributed by atoms with E-state index in [1.54, 1.807) is 0 Å². The van der Waals surface area contributed by atoms with Crippen molar-refractivity contribution in [2.24, 2.45) is 0 Å². The predicted molar refractivity (Wildman–Crippen MR) is 204 cm³/mol. The zero-order valence-electron chi connectivity index (χ0n) is 24.3. The molecule has 4 aromatic rings. The summed E-state index contributed by atoms with van der Waals surface area (Å²) in [5, 5.41) is 37.6. The van der Waals surface area contributed by atoms with Crippen LogP contribution in [0.25, 0.3) is 0 Å². The number of phenolic OH excluding ortho intramolecular Hbond substituents is 4. The van der Waals surface area contributed by atoms with Gasteiger partial charge in [0.1, 0.15) is 49.4 Å². The van der Waals surface area contributed by atoms with E-state index in [-0.39, 0.29) is 49.4 Å². The van der Waals surface area contributed by atoms with E-state index >= 15 is 0 Å². The van der Waals surface area contributed by atoms with Gasteiger partial charge in [0.2, 0.25) is 0 Å². The summed E-state index contributed by atoms with van der Waals surface area (Å²) in [5.41, 5.74) is 1.21. The second-order valence-electron chi connectivity index (χ2n) is 9.21. The summed E-state index contributed by atoms with van der Waals surface area (Å²) in [7, 11) is 0. The van der Waals surface area contributed by atoms with E-state index in [1.165, 1.54) is 72.8 Å². The van der Waals surface area contributed by atoms with Gasteiger partial charge in [0.25, 0.3) is 0 Å². The Morgan fingerprint density at radius 2 is 0.646 bits per heavy atom. The minimum Gasteiger partial charge on any atom is -0.508 e. The molecule has 4 rings (SSSR count). The highest BCUT2D eigenvalue weighted by atomic mass is 127. The maximum absolute atomic E-state index is 12.0. The highest BCUT2D eigenvalue weighted by Crippen LogP contribution is 2.28. The first-order valence-corrected chi connectivity index (χ1v) is 17.7. The minimum absolute atomic E-state index is 0.0550. The molecule has 0 fully saturated rings. The van der Waals surface area contributed by atoms with Gasteiger partial charge in [0.05, 0.1) is 36.5 Å². The predicted octanol–water partition coefficient (Wildman–Crippen LogP) is 6.64. The van der Waals surface area contributed by atoms with Crippen LogP contribution in [0.15, 0.2) is 72.8 Å². The SMILES string of the molecule is O=C(OCCOC(=O)c1cc(I)c(O)c(I)c1)c1cc(I)c(O)c(I)c1.O=C(OCCOC(=O)c1ccc(O)cc1)c1ccc(O)cc1. The molecule has 252 valence electrons. The summed E-state index contributed by atoms with van der Waals surface area (Å²) < 4.78 is 22.2. The fourth-order valence-corrected chi connectivity index (χ4v) is 6.97. The van der Waals surface area contributed by atoms with Crippen LogP contribution in [-0.2, 0) is 18.9 Å². The molecule has 16 heteroatoms. The maximum Gasteiger partial charge on any atom is 0.338 e. The molecule has 0 atom stereocenters. The van der Waals surface area contributed by atoms with Crippen molar-refractivity contribution in [3.05, 3.63) is 109 Å². The van der Waals surface area contributed by atoms with Crippen molar-refractivity contribution in [3.8, 4) is 23.0 Å². The molecule has 0 amide bonds. The van der Waals surface area contributed by atoms with Crippen molar-refractivity contribution in [2.75, 3.05) is 26.4 Å². The minimum atomic E-state index is -0.569. The van der Waals surface area contributed by atoms with Crippen LogP contribution < -0.4 is 0 Å². The van der Waals surface area contributed by atoms with Crippen molar-refractivity contribution in [3.63, 3.8) is 0 Å². The molecule has 0 heterocycles. The Balaban J connectivity index is 0.000000264. The lowest BCUT2D eigenvalue weighted by atomic mass is 10.2. The van der Waals surface area contributed by atoms with Gasteiger partial charge in [-0.05, 0) is 163 Å². The van der Waals surface area contributed by atoms with Gasteiger partial charge in [-0.2, -0.15) is 0 Å². The molecule has 48 heavy (non-hydrogen) atoms. The highest BCUT2D eigenvalue weighted by molar-refractivity contribution is 14.1. The molecule has 0 aliphatic carbocycles. The lowest BCUT2D eigenvalue weighted by molar-refractivity contribution is 0.0265. The average molecular weight is 1110 g/mol. The molecule has 0 radical (unpaired) electrons. The third-order valence-corrected chi connectivity index (χ3v) is 9.10. The molecule has 4 aromatic carbocycles. The number of carbonyl (C=O) groups excluding carboxylic acids is 4. The molecule has 0 saturated carbocycles. The smallest absolute Gasteiger partial charge is 0.338 e. The number of esters is 4. The van der Waals surface area contributed by atoms with Gasteiger partial charge in [0, 0.05) is 0 Å². The second-order valence-corrected chi connectivity index (χ2v) is 13.9. The summed E-state index contributed by atoms with van der Waals surface area (Å²) in [6.45, 7) is -0.344. The Labute approximate surface area is 328 Å². The van der Waals surface area contributed by atoms with Gasteiger partial charge in [-0.3, -0.25) is 0 Å². The van der Waals surface area contributed by atoms with Gasteiger partial charge in [-0.1, -0.05) is 0 Å². The Kier molecular flexibility index (Phi) is 15.7. The van der Waals surface area contributed by atoms with Crippen LogP contribution >= 0.6 is 90.4 Å². The van der Waals surface area contributed by atoms with E-state index in [0.29, 0.717) is 36.5 Å². The number of halogens is 4. The number of rotatable bonds is 10. The zero-order chi connectivity index (χ0) is 35.4. The molecule has 0 aliphatic rings. The molecule has 0 saturated heterocycles. The largest absolute Gasteiger partial charge is 0.508 e. The van der Waals surface area contributed by atoms with E-state index in [2.05, 4.69) is 0 Å². The second kappa shape index (κ2) is 19.2. The topological polar surface area (TPSA) is 186 Å². The molecule has 0 aliphatic heterocycles. The first-order chi connectivity index (χ1) is 22.8. The summed E-state index contributed by atoms with van der Waals surface area (Å²) >= 11 is 7.70. The van der Waals surface area contributed by atoms with E-state index in [9.17, 15) is 29.4 Å². The first kappa shape index (κ1) is 39.3. The van der Waals surface area contributed by atoms with Crippen LogP contribution in [-0.4, -0.2) is 70.7 Å². The van der Waals surface area contributed by atoms with Crippen LogP contribution in [0.1, 0.15) is 41.4 Å². The van der Waals surface area contributed by atoms with Crippen molar-refractivity contribution in [1.82, 2.24) is 0 Å². The van der Waals surface area contributed by atoms with E-state index in [0.717, 1.165) is 0 Å². The Morgan fingerprint density at radius 1 is 0.417 bits per heavy atom. The van der Waals surface area contributed by atoms with Gasteiger partial charge >= 0.3 is 23.9 Å². The lowest BCUT2D eigenvalue weighted by Crippen LogP contribution is -2.14. The van der Waals surface area contributed by atoms with Crippen molar-refractivity contribution < 1.29 is 58.6 Å². The van der Waals surface area contributed by atoms with E-state index < -0.39 is 23.9 Å². The van der Waals surface area contributed by atoms with Crippen molar-refractivity contribution >= 4 is 114 Å². The number of phenols is 4. The van der Waals surface area contributed by atoms with Crippen LogP contribution in [0, 0.1) is 14.3 Å². The van der Waals surface area contributed by atoms with Crippen molar-refractivity contribution in [1.29, 1.82) is 0 Å². The van der Waals surface area contributed by atoms with Gasteiger partial charge in [-0.15, -0.1) is 0 Å². The summed E-state index contributed by atoms with van der Waals surface area (Å²) in [4.78, 5) is 47.3. The van der Waals surface area contributed by atoms with Gasteiger partial charge < -0.3 is 39.4 Å². The quantitative estimate of drug-likeness (QED) is 0.0575. The number of hydrogen-bond acceptors (Lipinski definition) is 12. The third-order valence-electron chi connectivity index (χ3n) is 5.81. The number of hydrogen-bond donors (Lipinski definition) is 4. The fourth-order valence-electron chi connectivity index (χ4n) is 3.43. The zero-order valence-corrected chi connectivity index (χ0v) is 33.0. The van der Waals surface area contributed by atoms with Crippen LogP contribution in [0.2, 0.25) is 0 Å². The van der Waals surface area contributed by atoms with Crippen LogP contribution in [0.5, 0.6) is 23.0 Å². The first-order valence-electron chi connectivity index (χ1n) is 13.4. The molecule has 0 unspecified atom stereocenters. The standard InChI is InChI=1S/C16H10I4O6.C16H14O6/c17-9-3-7(4-10(18)13(9)21)15(23)25-1-2-26-16(24)8-5-11(19)14(22)12(20)6-8;17-13-5-1-11(2-6-13)15(19)21-9-10-22-16(20)12-3-7-14(18)8-4-12/h3-6,21-22H,1-2H2;1-8,17-18H,9-10H2. The fraction of sp³-hybridized carbons (Fsp3) is 0.125. The van der Waals surface area contributed by atoms with Crippen LogP contribution in [0.3, 0.4) is 0 Å². The number of carbonyl (C=O) groups is 4.